The second-order valence-corrected chi connectivity index (χ2v) is 7.36. The maximum atomic E-state index is 6.46. The molecule has 0 bridgehead atoms. The molecule has 0 amide bonds. The van der Waals surface area contributed by atoms with Gasteiger partial charge in [0.15, 0.2) is 0 Å². The van der Waals surface area contributed by atoms with Crippen LogP contribution in [-0.4, -0.2) is 17.1 Å². The third-order valence-corrected chi connectivity index (χ3v) is 5.94. The molecule has 1 saturated heterocycles. The van der Waals surface area contributed by atoms with Crippen LogP contribution in [0, 0.1) is 5.41 Å². The van der Waals surface area contributed by atoms with Crippen molar-refractivity contribution in [3.63, 3.8) is 0 Å². The largest absolute Gasteiger partial charge is 0.372 e. The van der Waals surface area contributed by atoms with E-state index in [1.807, 2.05) is 0 Å². The van der Waals surface area contributed by atoms with Gasteiger partial charge in [0, 0.05) is 5.38 Å². The lowest BCUT2D eigenvalue weighted by Gasteiger charge is -2.34. The molecule has 0 radical (unpaired) electrons. The van der Waals surface area contributed by atoms with E-state index in [4.69, 9.17) is 16.3 Å². The first-order valence-electron chi connectivity index (χ1n) is 7.46. The standard InChI is InChI=1S/C15H25ClO/c1-12(16)14(9-10-14)11-13-5-8-15(17-13)6-3-2-4-7-15/h12-13H,2-11H2,1H3. The van der Waals surface area contributed by atoms with Gasteiger partial charge in [-0.1, -0.05) is 19.3 Å². The molecular weight excluding hydrogens is 232 g/mol. The summed E-state index contributed by atoms with van der Waals surface area (Å²) in [7, 11) is 0. The molecule has 3 fully saturated rings. The predicted molar refractivity (Wildman–Crippen MR) is 71.5 cm³/mol. The minimum absolute atomic E-state index is 0.286. The van der Waals surface area contributed by atoms with Gasteiger partial charge in [0.1, 0.15) is 0 Å². The molecule has 0 N–H and O–H groups in total. The normalized spacial score (nSPS) is 36.0. The Kier molecular flexibility index (Phi) is 3.19. The van der Waals surface area contributed by atoms with Gasteiger partial charge in [-0.2, -0.15) is 0 Å². The third kappa shape index (κ3) is 2.38. The molecule has 2 saturated carbocycles. The summed E-state index contributed by atoms with van der Waals surface area (Å²) in [5, 5.41) is 0.328. The van der Waals surface area contributed by atoms with Crippen LogP contribution in [0.5, 0.6) is 0 Å². The summed E-state index contributed by atoms with van der Waals surface area (Å²) in [6, 6.07) is 0. The van der Waals surface area contributed by atoms with Crippen molar-refractivity contribution < 1.29 is 4.74 Å². The van der Waals surface area contributed by atoms with Crippen molar-refractivity contribution in [2.24, 2.45) is 5.41 Å². The van der Waals surface area contributed by atoms with Crippen LogP contribution >= 0.6 is 11.6 Å². The Morgan fingerprint density at radius 1 is 1.12 bits per heavy atom. The smallest absolute Gasteiger partial charge is 0.0687 e. The van der Waals surface area contributed by atoms with E-state index in [1.54, 1.807) is 0 Å². The first kappa shape index (κ1) is 12.3. The van der Waals surface area contributed by atoms with Gasteiger partial charge in [0.2, 0.25) is 0 Å². The Hall–Kier alpha value is 0.250. The quantitative estimate of drug-likeness (QED) is 0.667. The number of halogens is 1. The number of rotatable bonds is 3. The summed E-state index contributed by atoms with van der Waals surface area (Å²) in [5.41, 5.74) is 0.723. The Morgan fingerprint density at radius 2 is 1.82 bits per heavy atom. The Bertz CT molecular complexity index is 277. The van der Waals surface area contributed by atoms with Crippen LogP contribution in [0.3, 0.4) is 0 Å². The van der Waals surface area contributed by atoms with Gasteiger partial charge in [-0.15, -0.1) is 11.6 Å². The second kappa shape index (κ2) is 4.42. The van der Waals surface area contributed by atoms with Crippen LogP contribution in [0.4, 0.5) is 0 Å². The zero-order valence-electron chi connectivity index (χ0n) is 11.0. The molecule has 1 heterocycles. The number of hydrogen-bond donors (Lipinski definition) is 0. The summed E-state index contributed by atoms with van der Waals surface area (Å²) in [5.74, 6) is 0. The highest BCUT2D eigenvalue weighted by Crippen LogP contribution is 2.56. The van der Waals surface area contributed by atoms with Gasteiger partial charge in [-0.25, -0.2) is 0 Å². The number of alkyl halides is 1. The van der Waals surface area contributed by atoms with E-state index in [2.05, 4.69) is 6.92 Å². The summed E-state index contributed by atoms with van der Waals surface area (Å²) < 4.78 is 6.46. The van der Waals surface area contributed by atoms with Crippen LogP contribution in [0.1, 0.15) is 71.1 Å². The van der Waals surface area contributed by atoms with Gasteiger partial charge in [0.25, 0.3) is 0 Å². The number of hydrogen-bond acceptors (Lipinski definition) is 1. The lowest BCUT2D eigenvalue weighted by Crippen LogP contribution is -2.32. The van der Waals surface area contributed by atoms with Gasteiger partial charge < -0.3 is 4.74 Å². The number of ether oxygens (including phenoxy) is 1. The van der Waals surface area contributed by atoms with E-state index in [1.165, 1.54) is 64.2 Å². The first-order valence-corrected chi connectivity index (χ1v) is 7.90. The molecule has 2 atom stereocenters. The average molecular weight is 257 g/mol. The van der Waals surface area contributed by atoms with Crippen LogP contribution < -0.4 is 0 Å². The van der Waals surface area contributed by atoms with Crippen molar-refractivity contribution in [2.75, 3.05) is 0 Å². The van der Waals surface area contributed by atoms with Gasteiger partial charge >= 0.3 is 0 Å². The summed E-state index contributed by atoms with van der Waals surface area (Å²) in [4.78, 5) is 0. The van der Waals surface area contributed by atoms with Crippen molar-refractivity contribution in [3.8, 4) is 0 Å². The molecule has 0 aromatic rings. The van der Waals surface area contributed by atoms with E-state index in [-0.39, 0.29) is 5.60 Å². The summed E-state index contributed by atoms with van der Waals surface area (Å²) in [6.07, 6.45) is 13.8. The van der Waals surface area contributed by atoms with Crippen LogP contribution in [-0.2, 0) is 4.74 Å². The van der Waals surface area contributed by atoms with Gasteiger partial charge in [-0.05, 0) is 57.3 Å². The molecule has 2 heteroatoms. The van der Waals surface area contributed by atoms with Crippen molar-refractivity contribution in [2.45, 2.75) is 88.2 Å². The van der Waals surface area contributed by atoms with Crippen LogP contribution in [0.2, 0.25) is 0 Å². The Morgan fingerprint density at radius 3 is 2.41 bits per heavy atom. The van der Waals surface area contributed by atoms with Gasteiger partial charge in [-0.3, -0.25) is 0 Å². The molecule has 3 rings (SSSR count). The molecule has 1 spiro atoms. The molecule has 17 heavy (non-hydrogen) atoms. The molecule has 98 valence electrons. The topological polar surface area (TPSA) is 9.23 Å². The highest BCUT2D eigenvalue weighted by atomic mass is 35.5. The molecule has 0 aromatic carbocycles. The Balaban J connectivity index is 1.57. The molecule has 3 aliphatic rings. The fourth-order valence-electron chi connectivity index (χ4n) is 3.98. The van der Waals surface area contributed by atoms with E-state index >= 15 is 0 Å². The van der Waals surface area contributed by atoms with E-state index in [0.29, 0.717) is 16.9 Å². The highest BCUT2D eigenvalue weighted by molar-refractivity contribution is 6.21. The summed E-state index contributed by atoms with van der Waals surface area (Å²) >= 11 is 6.33. The first-order chi connectivity index (χ1) is 8.14. The third-order valence-electron chi connectivity index (χ3n) is 5.47. The van der Waals surface area contributed by atoms with E-state index in [0.717, 1.165) is 0 Å². The lowest BCUT2D eigenvalue weighted by atomic mass is 9.83. The molecule has 2 aliphatic carbocycles. The molecule has 0 aromatic heterocycles. The minimum atomic E-state index is 0.286. The van der Waals surface area contributed by atoms with Gasteiger partial charge in [0.05, 0.1) is 11.7 Å². The Labute approximate surface area is 110 Å². The zero-order chi connectivity index (χ0) is 11.9. The maximum absolute atomic E-state index is 6.46. The summed E-state index contributed by atoms with van der Waals surface area (Å²) in [6.45, 7) is 2.17. The molecule has 1 nitrogen and oxygen atoms in total. The highest BCUT2D eigenvalue weighted by Gasteiger charge is 2.51. The van der Waals surface area contributed by atoms with Crippen molar-refractivity contribution in [3.05, 3.63) is 0 Å². The van der Waals surface area contributed by atoms with E-state index < -0.39 is 0 Å². The zero-order valence-corrected chi connectivity index (χ0v) is 11.8. The van der Waals surface area contributed by atoms with Crippen LogP contribution in [0.15, 0.2) is 0 Å². The maximum Gasteiger partial charge on any atom is 0.0687 e. The minimum Gasteiger partial charge on any atom is -0.372 e. The molecule has 1 aliphatic heterocycles. The van der Waals surface area contributed by atoms with Crippen molar-refractivity contribution >= 4 is 11.6 Å². The van der Waals surface area contributed by atoms with Crippen LogP contribution in [0.25, 0.3) is 0 Å². The monoisotopic (exact) mass is 256 g/mol. The second-order valence-electron chi connectivity index (χ2n) is 6.70. The molecule has 2 unspecified atom stereocenters. The predicted octanol–water partition coefficient (Wildman–Crippen LogP) is 4.67. The van der Waals surface area contributed by atoms with Crippen molar-refractivity contribution in [1.82, 2.24) is 0 Å². The van der Waals surface area contributed by atoms with E-state index in [9.17, 15) is 0 Å². The fraction of sp³-hybridized carbons (Fsp3) is 1.00. The SMILES string of the molecule is CC(Cl)C1(CC2CCC3(CCCCC3)O2)CC1. The fourth-order valence-corrected chi connectivity index (χ4v) is 4.29. The lowest BCUT2D eigenvalue weighted by molar-refractivity contribution is -0.0711. The van der Waals surface area contributed by atoms with Crippen molar-refractivity contribution in [1.29, 1.82) is 0 Å². The average Bonchev–Trinajstić information content (AvgIpc) is 3.00. The molecular formula is C15H25ClO.